The Morgan fingerprint density at radius 1 is 0.826 bits per heavy atom. The molecule has 0 saturated carbocycles. The molecule has 0 aromatic carbocycles. The Hall–Kier alpha value is -1.14. The van der Waals surface area contributed by atoms with E-state index in [1.54, 1.807) is 0 Å². The zero-order valence-corrected chi connectivity index (χ0v) is 14.0. The van der Waals surface area contributed by atoms with Crippen LogP contribution in [0.25, 0.3) is 0 Å². The summed E-state index contributed by atoms with van der Waals surface area (Å²) in [4.78, 5) is 24.0. The summed E-state index contributed by atoms with van der Waals surface area (Å²) in [6.45, 7) is 6.30. The Balaban J connectivity index is 1.71. The van der Waals surface area contributed by atoms with Crippen LogP contribution in [-0.4, -0.2) is 49.1 Å². The molecule has 2 unspecified atom stereocenters. The minimum atomic E-state index is -0.393. The fourth-order valence-corrected chi connectivity index (χ4v) is 3.52. The van der Waals surface area contributed by atoms with Crippen LogP contribution < -0.4 is 0 Å². The van der Waals surface area contributed by atoms with E-state index >= 15 is 0 Å². The van der Waals surface area contributed by atoms with Gasteiger partial charge in [0.2, 0.25) is 0 Å². The Kier molecular flexibility index (Phi) is 4.92. The van der Waals surface area contributed by atoms with E-state index in [1.165, 1.54) is 0 Å². The van der Waals surface area contributed by atoms with Crippen LogP contribution in [-0.2, 0) is 28.5 Å². The highest BCUT2D eigenvalue weighted by Gasteiger charge is 2.44. The van der Waals surface area contributed by atoms with Gasteiger partial charge >= 0.3 is 11.9 Å². The Morgan fingerprint density at radius 2 is 1.48 bits per heavy atom. The Morgan fingerprint density at radius 3 is 2.17 bits per heavy atom. The number of hydrogen-bond donors (Lipinski definition) is 0. The monoisotopic (exact) mass is 326 g/mol. The van der Waals surface area contributed by atoms with Gasteiger partial charge in [-0.2, -0.15) is 0 Å². The summed E-state index contributed by atoms with van der Waals surface area (Å²) in [5, 5.41) is 0. The fourth-order valence-electron chi connectivity index (χ4n) is 3.52. The topological polar surface area (TPSA) is 74.4 Å². The molecule has 0 aromatic heterocycles. The maximum absolute atomic E-state index is 12.2. The SMILES string of the molecule is C[C@@H]1[C@@H](C)[C@H](C)O[C@@H]2COC(=O)CCC3OC3CCC(=O)O[C@@H]12. The normalized spacial score (nSPS) is 45.3. The lowest BCUT2D eigenvalue weighted by atomic mass is 9.82. The maximum atomic E-state index is 12.2. The number of ether oxygens (including phenoxy) is 4. The molecule has 23 heavy (non-hydrogen) atoms. The third kappa shape index (κ3) is 3.86. The number of carbonyl (C=O) groups is 2. The van der Waals surface area contributed by atoms with E-state index in [0.29, 0.717) is 25.7 Å². The lowest BCUT2D eigenvalue weighted by molar-refractivity contribution is -0.204. The van der Waals surface area contributed by atoms with E-state index in [0.717, 1.165) is 0 Å². The van der Waals surface area contributed by atoms with Gasteiger partial charge in [0.1, 0.15) is 18.8 Å². The summed E-state index contributed by atoms with van der Waals surface area (Å²) in [7, 11) is 0. The standard InChI is InChI=1S/C17H26O6/c1-9-10(2)17-14(21-11(9)3)8-20-15(18)6-4-12-13(22-12)5-7-16(19)23-17/h9-14,17H,4-8H2,1-3H3/t9-,10-,11+,12?,13?,14-,17+/m1/s1. The van der Waals surface area contributed by atoms with Crippen LogP contribution in [0.4, 0.5) is 0 Å². The van der Waals surface area contributed by atoms with E-state index in [1.807, 2.05) is 6.92 Å². The van der Waals surface area contributed by atoms with Crippen molar-refractivity contribution in [2.24, 2.45) is 11.8 Å². The van der Waals surface area contributed by atoms with E-state index in [4.69, 9.17) is 18.9 Å². The molecule has 0 N–H and O–H groups in total. The lowest BCUT2D eigenvalue weighted by Gasteiger charge is -2.42. The van der Waals surface area contributed by atoms with Crippen LogP contribution in [0.1, 0.15) is 46.5 Å². The third-order valence-electron chi connectivity index (χ3n) is 5.47. The molecule has 0 spiro atoms. The number of rotatable bonds is 0. The summed E-state index contributed by atoms with van der Waals surface area (Å²) in [6, 6.07) is 0. The molecular formula is C17H26O6. The number of epoxide rings is 1. The second-order valence-electron chi connectivity index (χ2n) is 7.03. The van der Waals surface area contributed by atoms with Crippen LogP contribution >= 0.6 is 0 Å². The molecule has 130 valence electrons. The van der Waals surface area contributed by atoms with Crippen molar-refractivity contribution in [1.29, 1.82) is 0 Å². The molecule has 3 heterocycles. The van der Waals surface area contributed by atoms with E-state index < -0.39 is 6.10 Å². The van der Waals surface area contributed by atoms with Crippen molar-refractivity contribution in [3.05, 3.63) is 0 Å². The first-order chi connectivity index (χ1) is 11.0. The molecule has 7 atom stereocenters. The van der Waals surface area contributed by atoms with Gasteiger partial charge in [0.15, 0.2) is 0 Å². The average molecular weight is 326 g/mol. The molecule has 6 heteroatoms. The summed E-state index contributed by atoms with van der Waals surface area (Å²) < 4.78 is 22.5. The largest absolute Gasteiger partial charge is 0.463 e. The first-order valence-electron chi connectivity index (χ1n) is 8.61. The Labute approximate surface area is 136 Å². The minimum absolute atomic E-state index is 0.0420. The van der Waals surface area contributed by atoms with E-state index in [9.17, 15) is 9.59 Å². The predicted octanol–water partition coefficient (Wildman–Crippen LogP) is 1.84. The van der Waals surface area contributed by atoms with Crippen molar-refractivity contribution >= 4 is 11.9 Å². The molecule has 0 aliphatic carbocycles. The number of cyclic esters (lactones) is 1. The molecular weight excluding hydrogens is 300 g/mol. The van der Waals surface area contributed by atoms with Gasteiger partial charge in [0.05, 0.1) is 18.3 Å². The van der Waals surface area contributed by atoms with E-state index in [-0.39, 0.29) is 54.8 Å². The molecule has 3 aliphatic rings. The minimum Gasteiger partial charge on any atom is -0.463 e. The van der Waals surface area contributed by atoms with Crippen molar-refractivity contribution in [3.63, 3.8) is 0 Å². The van der Waals surface area contributed by atoms with Gasteiger partial charge in [0, 0.05) is 18.8 Å². The molecule has 3 rings (SSSR count). The average Bonchev–Trinajstić information content (AvgIpc) is 3.27. The zero-order chi connectivity index (χ0) is 16.6. The van der Waals surface area contributed by atoms with Gasteiger partial charge in [-0.05, 0) is 25.7 Å². The molecule has 0 radical (unpaired) electrons. The Bertz CT molecular complexity index is 464. The molecule has 0 bridgehead atoms. The number of carbonyl (C=O) groups excluding carboxylic acids is 2. The van der Waals surface area contributed by atoms with Crippen LogP contribution in [0.2, 0.25) is 0 Å². The van der Waals surface area contributed by atoms with Crippen molar-refractivity contribution in [2.75, 3.05) is 6.61 Å². The van der Waals surface area contributed by atoms with Gasteiger partial charge in [-0.3, -0.25) is 9.59 Å². The second-order valence-corrected chi connectivity index (χ2v) is 7.03. The van der Waals surface area contributed by atoms with Gasteiger partial charge in [-0.25, -0.2) is 0 Å². The van der Waals surface area contributed by atoms with Crippen LogP contribution in [0.3, 0.4) is 0 Å². The number of fused-ring (bicyclic) bond motifs is 2. The molecule has 3 aliphatic heterocycles. The smallest absolute Gasteiger partial charge is 0.306 e. The van der Waals surface area contributed by atoms with Gasteiger partial charge in [-0.15, -0.1) is 0 Å². The van der Waals surface area contributed by atoms with Gasteiger partial charge in [0.25, 0.3) is 0 Å². The van der Waals surface area contributed by atoms with Crippen molar-refractivity contribution in [1.82, 2.24) is 0 Å². The molecule has 0 amide bonds. The highest BCUT2D eigenvalue weighted by Crippen LogP contribution is 2.34. The first kappa shape index (κ1) is 16.7. The molecule has 3 saturated heterocycles. The predicted molar refractivity (Wildman–Crippen MR) is 80.6 cm³/mol. The van der Waals surface area contributed by atoms with E-state index in [2.05, 4.69) is 13.8 Å². The molecule has 0 aromatic rings. The van der Waals surface area contributed by atoms with Crippen molar-refractivity contribution in [2.45, 2.75) is 77.0 Å². The van der Waals surface area contributed by atoms with Gasteiger partial charge < -0.3 is 18.9 Å². The highest BCUT2D eigenvalue weighted by atomic mass is 16.6. The summed E-state index contributed by atoms with van der Waals surface area (Å²) >= 11 is 0. The van der Waals surface area contributed by atoms with Crippen LogP contribution in [0.5, 0.6) is 0 Å². The van der Waals surface area contributed by atoms with Crippen molar-refractivity contribution in [3.8, 4) is 0 Å². The number of esters is 2. The summed E-state index contributed by atoms with van der Waals surface area (Å²) in [5.74, 6) is -0.0452. The van der Waals surface area contributed by atoms with Crippen LogP contribution in [0, 0.1) is 11.8 Å². The number of hydrogen-bond acceptors (Lipinski definition) is 6. The second kappa shape index (κ2) is 6.77. The van der Waals surface area contributed by atoms with Gasteiger partial charge in [-0.1, -0.05) is 13.8 Å². The maximum Gasteiger partial charge on any atom is 0.306 e. The molecule has 6 nitrogen and oxygen atoms in total. The quantitative estimate of drug-likeness (QED) is 0.499. The summed E-state index contributed by atoms with van der Waals surface area (Å²) in [6.07, 6.45) is 1.41. The summed E-state index contributed by atoms with van der Waals surface area (Å²) in [5.41, 5.74) is 0. The first-order valence-corrected chi connectivity index (χ1v) is 8.61. The lowest BCUT2D eigenvalue weighted by Crippen LogP contribution is -2.52. The third-order valence-corrected chi connectivity index (χ3v) is 5.47. The van der Waals surface area contributed by atoms with Crippen molar-refractivity contribution < 1.29 is 28.5 Å². The zero-order valence-electron chi connectivity index (χ0n) is 14.0. The fraction of sp³-hybridized carbons (Fsp3) is 0.882. The molecule has 3 fully saturated rings. The van der Waals surface area contributed by atoms with Crippen LogP contribution in [0.15, 0.2) is 0 Å². The highest BCUT2D eigenvalue weighted by molar-refractivity contribution is 5.70.